The van der Waals surface area contributed by atoms with Crippen molar-refractivity contribution in [2.75, 3.05) is 26.2 Å². The lowest BCUT2D eigenvalue weighted by Gasteiger charge is -2.17. The number of aryl methyl sites for hydroxylation is 1. The van der Waals surface area contributed by atoms with Crippen LogP contribution in [0.5, 0.6) is 0 Å². The molecule has 2 aliphatic heterocycles. The average Bonchev–Trinajstić information content (AvgIpc) is 2.92. The molecule has 1 amide bonds. The van der Waals surface area contributed by atoms with Crippen molar-refractivity contribution in [3.05, 3.63) is 34.3 Å². The van der Waals surface area contributed by atoms with Crippen molar-refractivity contribution in [2.24, 2.45) is 11.8 Å². The Bertz CT molecular complexity index is 477. The van der Waals surface area contributed by atoms with Gasteiger partial charge in [0.15, 0.2) is 0 Å². The van der Waals surface area contributed by atoms with E-state index in [9.17, 15) is 4.79 Å². The number of amides is 1. The molecular formula is C14H17ClN2O. The van der Waals surface area contributed by atoms with Crippen LogP contribution in [0, 0.1) is 18.8 Å². The van der Waals surface area contributed by atoms with Crippen LogP contribution in [0.1, 0.15) is 15.9 Å². The molecule has 0 saturated carbocycles. The molecule has 2 fully saturated rings. The molecule has 2 heterocycles. The summed E-state index contributed by atoms with van der Waals surface area (Å²) in [6.45, 7) is 5.79. The minimum atomic E-state index is 0.117. The standard InChI is InChI=1S/C14H17ClN2O/c1-9-2-3-10(4-13(9)15)14(18)17-7-11-5-16-6-12(11)8-17/h2-4,11-12,16H,5-8H2,1H3/t11-,12+. The van der Waals surface area contributed by atoms with Crippen LogP contribution in [-0.2, 0) is 0 Å². The molecule has 2 atom stereocenters. The Morgan fingerprint density at radius 2 is 2.00 bits per heavy atom. The highest BCUT2D eigenvalue weighted by Crippen LogP contribution is 2.28. The highest BCUT2D eigenvalue weighted by atomic mass is 35.5. The molecule has 1 aromatic carbocycles. The maximum absolute atomic E-state index is 12.4. The number of halogens is 1. The number of carbonyl (C=O) groups is 1. The van der Waals surface area contributed by atoms with E-state index in [1.165, 1.54) is 0 Å². The van der Waals surface area contributed by atoms with Gasteiger partial charge in [0.1, 0.15) is 0 Å². The van der Waals surface area contributed by atoms with Crippen molar-refractivity contribution in [1.29, 1.82) is 0 Å². The Kier molecular flexibility index (Phi) is 3.04. The number of fused-ring (bicyclic) bond motifs is 1. The van der Waals surface area contributed by atoms with Crippen molar-refractivity contribution in [2.45, 2.75) is 6.92 Å². The van der Waals surface area contributed by atoms with Crippen LogP contribution in [0.4, 0.5) is 0 Å². The Balaban J connectivity index is 1.77. The number of hydrogen-bond donors (Lipinski definition) is 1. The Hall–Kier alpha value is -1.06. The summed E-state index contributed by atoms with van der Waals surface area (Å²) in [4.78, 5) is 14.4. The molecule has 1 N–H and O–H groups in total. The number of likely N-dealkylation sites (tertiary alicyclic amines) is 1. The van der Waals surface area contributed by atoms with Crippen LogP contribution in [0.2, 0.25) is 5.02 Å². The fraction of sp³-hybridized carbons (Fsp3) is 0.500. The third kappa shape index (κ3) is 2.02. The zero-order valence-electron chi connectivity index (χ0n) is 10.4. The van der Waals surface area contributed by atoms with Crippen molar-refractivity contribution in [3.8, 4) is 0 Å². The summed E-state index contributed by atoms with van der Waals surface area (Å²) in [5.41, 5.74) is 1.72. The predicted molar refractivity (Wildman–Crippen MR) is 71.9 cm³/mol. The molecule has 0 radical (unpaired) electrons. The average molecular weight is 265 g/mol. The molecule has 0 aliphatic carbocycles. The van der Waals surface area contributed by atoms with Gasteiger partial charge in [0, 0.05) is 36.8 Å². The third-order valence-corrected chi connectivity index (χ3v) is 4.50. The molecule has 0 bridgehead atoms. The first-order chi connectivity index (χ1) is 8.65. The van der Waals surface area contributed by atoms with Crippen molar-refractivity contribution < 1.29 is 4.79 Å². The van der Waals surface area contributed by atoms with Gasteiger partial charge in [-0.3, -0.25) is 4.79 Å². The van der Waals surface area contributed by atoms with Gasteiger partial charge < -0.3 is 10.2 Å². The van der Waals surface area contributed by atoms with Gasteiger partial charge in [-0.05, 0) is 36.5 Å². The highest BCUT2D eigenvalue weighted by molar-refractivity contribution is 6.31. The summed E-state index contributed by atoms with van der Waals surface area (Å²) in [5, 5.41) is 4.05. The molecule has 0 unspecified atom stereocenters. The monoisotopic (exact) mass is 264 g/mol. The van der Waals surface area contributed by atoms with Crippen LogP contribution in [0.3, 0.4) is 0 Å². The zero-order valence-corrected chi connectivity index (χ0v) is 11.2. The minimum absolute atomic E-state index is 0.117. The van der Waals surface area contributed by atoms with E-state index in [2.05, 4.69) is 5.32 Å². The summed E-state index contributed by atoms with van der Waals surface area (Å²) in [7, 11) is 0. The first-order valence-corrected chi connectivity index (χ1v) is 6.79. The molecule has 18 heavy (non-hydrogen) atoms. The minimum Gasteiger partial charge on any atom is -0.338 e. The maximum Gasteiger partial charge on any atom is 0.253 e. The molecule has 1 aromatic rings. The lowest BCUT2D eigenvalue weighted by molar-refractivity contribution is 0.0781. The largest absolute Gasteiger partial charge is 0.338 e. The zero-order chi connectivity index (χ0) is 12.7. The van der Waals surface area contributed by atoms with Crippen molar-refractivity contribution >= 4 is 17.5 Å². The van der Waals surface area contributed by atoms with Gasteiger partial charge in [0.25, 0.3) is 5.91 Å². The van der Waals surface area contributed by atoms with E-state index in [1.807, 2.05) is 24.0 Å². The fourth-order valence-electron chi connectivity index (χ4n) is 2.93. The number of nitrogens with one attached hydrogen (secondary N) is 1. The van der Waals surface area contributed by atoms with Crippen LogP contribution >= 0.6 is 11.6 Å². The Labute approximate surface area is 112 Å². The van der Waals surface area contributed by atoms with Gasteiger partial charge in [0.05, 0.1) is 0 Å². The van der Waals surface area contributed by atoms with Gasteiger partial charge in [-0.15, -0.1) is 0 Å². The van der Waals surface area contributed by atoms with Gasteiger partial charge >= 0.3 is 0 Å². The molecular weight excluding hydrogens is 248 g/mol. The first-order valence-electron chi connectivity index (χ1n) is 6.41. The molecule has 96 valence electrons. The smallest absolute Gasteiger partial charge is 0.253 e. The maximum atomic E-state index is 12.4. The van der Waals surface area contributed by atoms with Gasteiger partial charge in [-0.2, -0.15) is 0 Å². The van der Waals surface area contributed by atoms with E-state index < -0.39 is 0 Å². The number of carbonyl (C=O) groups excluding carboxylic acids is 1. The van der Waals surface area contributed by atoms with E-state index >= 15 is 0 Å². The number of benzene rings is 1. The second-order valence-electron chi connectivity index (χ2n) is 5.35. The second-order valence-corrected chi connectivity index (χ2v) is 5.76. The van der Waals surface area contributed by atoms with Gasteiger partial charge in [-0.1, -0.05) is 17.7 Å². The highest BCUT2D eigenvalue weighted by Gasteiger charge is 2.38. The molecule has 0 aromatic heterocycles. The SMILES string of the molecule is Cc1ccc(C(=O)N2C[C@H]3CNC[C@H]3C2)cc1Cl. The van der Waals surface area contributed by atoms with Crippen LogP contribution in [-0.4, -0.2) is 37.0 Å². The molecule has 3 nitrogen and oxygen atoms in total. The second kappa shape index (κ2) is 4.56. The van der Waals surface area contributed by atoms with E-state index in [4.69, 9.17) is 11.6 Å². The summed E-state index contributed by atoms with van der Waals surface area (Å²) in [6, 6.07) is 5.56. The van der Waals surface area contributed by atoms with Gasteiger partial charge in [-0.25, -0.2) is 0 Å². The van der Waals surface area contributed by atoms with E-state index in [-0.39, 0.29) is 5.91 Å². The lowest BCUT2D eigenvalue weighted by Crippen LogP contribution is -2.31. The third-order valence-electron chi connectivity index (χ3n) is 4.10. The van der Waals surface area contributed by atoms with Crippen LogP contribution in [0.15, 0.2) is 18.2 Å². The quantitative estimate of drug-likeness (QED) is 0.841. The fourth-order valence-corrected chi connectivity index (χ4v) is 3.11. The molecule has 0 spiro atoms. The molecule has 4 heteroatoms. The number of hydrogen-bond acceptors (Lipinski definition) is 2. The van der Waals surface area contributed by atoms with Crippen molar-refractivity contribution in [3.63, 3.8) is 0 Å². The first kappa shape index (κ1) is 12.0. The molecule has 2 aliphatic rings. The normalized spacial score (nSPS) is 26.4. The summed E-state index contributed by atoms with van der Waals surface area (Å²) in [6.07, 6.45) is 0. The van der Waals surface area contributed by atoms with Crippen molar-refractivity contribution in [1.82, 2.24) is 10.2 Å². The number of nitrogens with zero attached hydrogens (tertiary/aromatic N) is 1. The van der Waals surface area contributed by atoms with E-state index in [1.54, 1.807) is 6.07 Å². The van der Waals surface area contributed by atoms with Crippen LogP contribution in [0.25, 0.3) is 0 Å². The molecule has 2 saturated heterocycles. The predicted octanol–water partition coefficient (Wildman–Crippen LogP) is 1.94. The van der Waals surface area contributed by atoms with Gasteiger partial charge in [0.2, 0.25) is 0 Å². The van der Waals surface area contributed by atoms with E-state index in [0.29, 0.717) is 22.4 Å². The lowest BCUT2D eigenvalue weighted by atomic mass is 10.0. The summed E-state index contributed by atoms with van der Waals surface area (Å²) in [5.74, 6) is 1.39. The topological polar surface area (TPSA) is 32.3 Å². The summed E-state index contributed by atoms with van der Waals surface area (Å²) < 4.78 is 0. The van der Waals surface area contributed by atoms with Crippen LogP contribution < -0.4 is 5.32 Å². The molecule has 3 rings (SSSR count). The van der Waals surface area contributed by atoms with E-state index in [0.717, 1.165) is 31.7 Å². The Morgan fingerprint density at radius 3 is 2.61 bits per heavy atom. The number of rotatable bonds is 1. The Morgan fingerprint density at radius 1 is 1.33 bits per heavy atom. The summed E-state index contributed by atoms with van der Waals surface area (Å²) >= 11 is 6.08.